The minimum absolute atomic E-state index is 0. The minimum Gasteiger partial charge on any atom is -0.868 e. The van der Waals surface area contributed by atoms with Crippen LogP contribution < -0.4 is 56.5 Å². The van der Waals surface area contributed by atoms with Crippen molar-refractivity contribution in [2.24, 2.45) is 0 Å². The van der Waals surface area contributed by atoms with Gasteiger partial charge in [0.25, 0.3) is 11.4 Å². The number of rotatable bonds is 5. The Morgan fingerprint density at radius 1 is 1.21 bits per heavy atom. The van der Waals surface area contributed by atoms with Gasteiger partial charge in [-0.2, -0.15) is 0 Å². The summed E-state index contributed by atoms with van der Waals surface area (Å²) in [7, 11) is 0. The van der Waals surface area contributed by atoms with Crippen molar-refractivity contribution in [1.29, 1.82) is 0 Å². The van der Waals surface area contributed by atoms with E-state index in [1.165, 1.54) is 0 Å². The van der Waals surface area contributed by atoms with Gasteiger partial charge in [-0.15, -0.1) is 0 Å². The smallest absolute Gasteiger partial charge is 0.868 e. The Bertz CT molecular complexity index is 492. The maximum Gasteiger partial charge on any atom is 1.00 e. The molecule has 19 heavy (non-hydrogen) atoms. The molecule has 1 unspecified atom stereocenters. The van der Waals surface area contributed by atoms with Crippen molar-refractivity contribution in [2.75, 3.05) is 0 Å². The van der Waals surface area contributed by atoms with Crippen LogP contribution in [0.2, 0.25) is 0 Å². The molecule has 1 aromatic carbocycles. The molecule has 0 aliphatic rings. The summed E-state index contributed by atoms with van der Waals surface area (Å²) in [6.45, 7) is 3.64. The van der Waals surface area contributed by atoms with Crippen molar-refractivity contribution in [1.82, 2.24) is 0 Å². The second-order valence-electron chi connectivity index (χ2n) is 4.09. The maximum atomic E-state index is 11.8. The zero-order valence-electron chi connectivity index (χ0n) is 11.1. The number of nitro benzene ring substituents is 2. The molecule has 0 aliphatic heterocycles. The van der Waals surface area contributed by atoms with Crippen LogP contribution in [-0.2, 0) is 0 Å². The zero-order valence-corrected chi connectivity index (χ0v) is 14.2. The van der Waals surface area contributed by atoms with E-state index in [-0.39, 0.29) is 62.9 Å². The number of nitro groups is 2. The molecule has 0 spiro atoms. The number of benzene rings is 1. The average molecular weight is 292 g/mol. The summed E-state index contributed by atoms with van der Waals surface area (Å²) < 4.78 is 0. The SMILES string of the molecule is CCCC(C)c1cc([N+](=O)[O-])cc([N+](=O)[O-])c1[O-].[K+]. The van der Waals surface area contributed by atoms with E-state index in [1.54, 1.807) is 6.92 Å². The predicted molar refractivity (Wildman–Crippen MR) is 62.5 cm³/mol. The Labute approximate surface area is 152 Å². The molecule has 0 fully saturated rings. The number of hydrogen-bond donors (Lipinski definition) is 0. The number of nitrogens with zero attached hydrogens (tertiary/aromatic N) is 2. The fourth-order valence-electron chi connectivity index (χ4n) is 1.82. The Morgan fingerprint density at radius 2 is 1.79 bits per heavy atom. The molecule has 1 atom stereocenters. The summed E-state index contributed by atoms with van der Waals surface area (Å²) >= 11 is 0. The van der Waals surface area contributed by atoms with Crippen LogP contribution in [0.25, 0.3) is 0 Å². The van der Waals surface area contributed by atoms with Gasteiger partial charge in [0.15, 0.2) is 0 Å². The van der Waals surface area contributed by atoms with Crippen LogP contribution >= 0.6 is 0 Å². The van der Waals surface area contributed by atoms with Crippen molar-refractivity contribution in [2.45, 2.75) is 32.6 Å². The Hall–Kier alpha value is -0.544. The van der Waals surface area contributed by atoms with Gasteiger partial charge >= 0.3 is 51.4 Å². The third-order valence-corrected chi connectivity index (χ3v) is 2.74. The van der Waals surface area contributed by atoms with Gasteiger partial charge in [0.1, 0.15) is 0 Å². The van der Waals surface area contributed by atoms with E-state index in [4.69, 9.17) is 0 Å². The molecule has 0 aliphatic carbocycles. The molecule has 98 valence electrons. The van der Waals surface area contributed by atoms with Gasteiger partial charge in [-0.3, -0.25) is 20.2 Å². The molecule has 0 amide bonds. The molecule has 0 saturated carbocycles. The maximum absolute atomic E-state index is 11.8. The third-order valence-electron chi connectivity index (χ3n) is 2.74. The summed E-state index contributed by atoms with van der Waals surface area (Å²) in [4.78, 5) is 19.8. The first-order chi connectivity index (χ1) is 8.38. The molecular formula is C11H13KN2O5. The molecule has 0 heterocycles. The summed E-state index contributed by atoms with van der Waals surface area (Å²) in [5.41, 5.74) is -1.01. The van der Waals surface area contributed by atoms with Crippen molar-refractivity contribution >= 4 is 11.4 Å². The summed E-state index contributed by atoms with van der Waals surface area (Å²) in [5, 5.41) is 33.3. The van der Waals surface area contributed by atoms with Gasteiger partial charge in [-0.1, -0.05) is 20.3 Å². The molecular weight excluding hydrogens is 279 g/mol. The topological polar surface area (TPSA) is 109 Å². The van der Waals surface area contributed by atoms with E-state index >= 15 is 0 Å². The van der Waals surface area contributed by atoms with Gasteiger partial charge in [-0.25, -0.2) is 0 Å². The Balaban J connectivity index is 0.00000324. The minimum atomic E-state index is -0.877. The van der Waals surface area contributed by atoms with E-state index in [2.05, 4.69) is 0 Å². The van der Waals surface area contributed by atoms with Crippen molar-refractivity contribution in [3.8, 4) is 5.75 Å². The van der Waals surface area contributed by atoms with Crippen molar-refractivity contribution in [3.63, 3.8) is 0 Å². The van der Waals surface area contributed by atoms with Crippen LogP contribution in [0.4, 0.5) is 11.4 Å². The van der Waals surface area contributed by atoms with Gasteiger partial charge < -0.3 is 5.11 Å². The second kappa shape index (κ2) is 7.90. The summed E-state index contributed by atoms with van der Waals surface area (Å²) in [6, 6.07) is 1.85. The third kappa shape index (κ3) is 4.50. The van der Waals surface area contributed by atoms with Gasteiger partial charge in [0, 0.05) is 6.07 Å². The molecule has 1 rings (SSSR count). The van der Waals surface area contributed by atoms with Crippen LogP contribution in [0.15, 0.2) is 12.1 Å². The standard InChI is InChI=1S/C11H14N2O5.K/c1-3-4-7(2)9-5-8(12(15)16)6-10(11(9)14)13(17)18;/h5-7,14H,3-4H2,1-2H3;/q;+1/p-1. The van der Waals surface area contributed by atoms with E-state index in [0.29, 0.717) is 12.5 Å². The molecule has 7 nitrogen and oxygen atoms in total. The van der Waals surface area contributed by atoms with Crippen molar-refractivity contribution < 1.29 is 66.3 Å². The van der Waals surface area contributed by atoms with Crippen LogP contribution in [0, 0.1) is 20.2 Å². The first-order valence-corrected chi connectivity index (χ1v) is 5.52. The quantitative estimate of drug-likeness (QED) is 0.412. The van der Waals surface area contributed by atoms with E-state index in [1.807, 2.05) is 6.92 Å². The first-order valence-electron chi connectivity index (χ1n) is 5.52. The van der Waals surface area contributed by atoms with Crippen LogP contribution in [0.1, 0.15) is 38.2 Å². The molecule has 0 saturated heterocycles. The molecule has 8 heteroatoms. The van der Waals surface area contributed by atoms with Crippen LogP contribution in [0.5, 0.6) is 5.75 Å². The fourth-order valence-corrected chi connectivity index (χ4v) is 1.82. The Kier molecular flexibility index (Phi) is 7.68. The Morgan fingerprint density at radius 3 is 2.21 bits per heavy atom. The molecule has 0 radical (unpaired) electrons. The molecule has 0 aromatic heterocycles. The second-order valence-corrected chi connectivity index (χ2v) is 4.09. The number of hydrogen-bond acceptors (Lipinski definition) is 5. The van der Waals surface area contributed by atoms with Gasteiger partial charge in [0.05, 0.1) is 15.9 Å². The summed E-state index contributed by atoms with van der Waals surface area (Å²) in [6.07, 6.45) is 1.44. The first kappa shape index (κ1) is 18.5. The van der Waals surface area contributed by atoms with E-state index in [0.717, 1.165) is 12.5 Å². The van der Waals surface area contributed by atoms with E-state index < -0.39 is 27.0 Å². The molecule has 0 bridgehead atoms. The van der Waals surface area contributed by atoms with Crippen LogP contribution in [0.3, 0.4) is 0 Å². The van der Waals surface area contributed by atoms with E-state index in [9.17, 15) is 25.3 Å². The largest absolute Gasteiger partial charge is 1.00 e. The normalized spacial score (nSPS) is 11.5. The molecule has 0 N–H and O–H groups in total. The average Bonchev–Trinajstić information content (AvgIpc) is 2.28. The summed E-state index contributed by atoms with van der Waals surface area (Å²) in [5.74, 6) is -0.965. The van der Waals surface area contributed by atoms with Gasteiger partial charge in [-0.05, 0) is 23.7 Å². The van der Waals surface area contributed by atoms with Crippen molar-refractivity contribution in [3.05, 3.63) is 37.9 Å². The van der Waals surface area contributed by atoms with Crippen LogP contribution in [-0.4, -0.2) is 9.85 Å². The number of non-ortho nitro benzene ring substituents is 1. The zero-order chi connectivity index (χ0) is 13.9. The monoisotopic (exact) mass is 292 g/mol. The molecule has 1 aromatic rings. The van der Waals surface area contributed by atoms with Gasteiger partial charge in [0.2, 0.25) is 0 Å². The predicted octanol–water partition coefficient (Wildman–Crippen LogP) is -0.516. The fraction of sp³-hybridized carbons (Fsp3) is 0.455.